The highest BCUT2D eigenvalue weighted by Gasteiger charge is 2.63. The molecule has 3 rings (SSSR count). The lowest BCUT2D eigenvalue weighted by molar-refractivity contribution is -0.244. The van der Waals surface area contributed by atoms with Gasteiger partial charge in [-0.3, -0.25) is 4.79 Å². The quantitative estimate of drug-likeness (QED) is 0.773. The summed E-state index contributed by atoms with van der Waals surface area (Å²) in [7, 11) is 0. The van der Waals surface area contributed by atoms with Gasteiger partial charge in [-0.1, -0.05) is 34.1 Å². The Balaban J connectivity index is 1.88. The fourth-order valence-corrected chi connectivity index (χ4v) is 6.22. The zero-order valence-electron chi connectivity index (χ0n) is 15.5. The fourth-order valence-electron chi connectivity index (χ4n) is 6.22. The summed E-state index contributed by atoms with van der Waals surface area (Å²) in [5.41, 5.74) is -0.106. The predicted molar refractivity (Wildman–Crippen MR) is 92.0 cm³/mol. The van der Waals surface area contributed by atoms with Crippen molar-refractivity contribution in [3.63, 3.8) is 0 Å². The maximum absolute atomic E-state index is 11.8. The first-order valence-electron chi connectivity index (χ1n) is 9.38. The van der Waals surface area contributed by atoms with Gasteiger partial charge in [-0.15, -0.1) is 0 Å². The Morgan fingerprint density at radius 2 is 2.00 bits per heavy atom. The van der Waals surface area contributed by atoms with E-state index in [1.807, 2.05) is 0 Å². The van der Waals surface area contributed by atoms with Crippen LogP contribution in [0.15, 0.2) is 11.8 Å². The van der Waals surface area contributed by atoms with Gasteiger partial charge in [0.25, 0.3) is 0 Å². The Morgan fingerprint density at radius 3 is 2.62 bits per heavy atom. The molecule has 0 aromatic carbocycles. The van der Waals surface area contributed by atoms with Crippen LogP contribution in [0.3, 0.4) is 0 Å². The minimum atomic E-state index is -0.818. The van der Waals surface area contributed by atoms with Gasteiger partial charge < -0.3 is 14.9 Å². The summed E-state index contributed by atoms with van der Waals surface area (Å²) in [6.45, 7) is 8.72. The molecule has 4 nitrogen and oxygen atoms in total. The molecule has 0 unspecified atom stereocenters. The number of rotatable bonds is 3. The number of hydrogen-bond donors (Lipinski definition) is 2. The van der Waals surface area contributed by atoms with Gasteiger partial charge >= 0.3 is 5.97 Å². The van der Waals surface area contributed by atoms with E-state index in [0.29, 0.717) is 25.7 Å². The third kappa shape index (κ3) is 2.62. The molecular weight excluding hydrogens is 304 g/mol. The first-order valence-corrected chi connectivity index (χ1v) is 9.38. The van der Waals surface area contributed by atoms with E-state index in [-0.39, 0.29) is 34.7 Å². The van der Waals surface area contributed by atoms with E-state index in [2.05, 4.69) is 27.7 Å². The van der Waals surface area contributed by atoms with Crippen LogP contribution in [-0.4, -0.2) is 27.9 Å². The van der Waals surface area contributed by atoms with Gasteiger partial charge in [-0.25, -0.2) is 0 Å². The molecule has 2 fully saturated rings. The lowest BCUT2D eigenvalue weighted by Crippen LogP contribution is -2.66. The topological polar surface area (TPSA) is 66.8 Å². The number of esters is 1. The third-order valence-electron chi connectivity index (χ3n) is 7.39. The van der Waals surface area contributed by atoms with Crippen molar-refractivity contribution < 1.29 is 19.7 Å². The summed E-state index contributed by atoms with van der Waals surface area (Å²) in [6, 6.07) is 0. The van der Waals surface area contributed by atoms with Gasteiger partial charge in [0, 0.05) is 5.41 Å². The zero-order valence-corrected chi connectivity index (χ0v) is 15.5. The third-order valence-corrected chi connectivity index (χ3v) is 7.39. The van der Waals surface area contributed by atoms with Crippen molar-refractivity contribution in [1.82, 2.24) is 0 Å². The zero-order chi connectivity index (χ0) is 17.8. The van der Waals surface area contributed by atoms with Crippen LogP contribution in [0.4, 0.5) is 0 Å². The highest BCUT2D eigenvalue weighted by molar-refractivity contribution is 5.75. The number of carbonyl (C=O) groups is 1. The molecule has 4 heteroatoms. The molecule has 0 radical (unpaired) electrons. The second kappa shape index (κ2) is 5.84. The van der Waals surface area contributed by atoms with Crippen molar-refractivity contribution >= 4 is 5.97 Å². The summed E-state index contributed by atoms with van der Waals surface area (Å²) in [5.74, 6) is -0.0522. The van der Waals surface area contributed by atoms with Crippen LogP contribution < -0.4 is 0 Å². The number of carbonyl (C=O) groups excluding carboxylic acids is 1. The van der Waals surface area contributed by atoms with Crippen molar-refractivity contribution in [3.05, 3.63) is 11.8 Å². The second-order valence-electron chi connectivity index (χ2n) is 9.31. The van der Waals surface area contributed by atoms with Gasteiger partial charge in [0.1, 0.15) is 0 Å². The number of ether oxygens (including phenoxy) is 1. The molecule has 3 aliphatic rings. The van der Waals surface area contributed by atoms with Crippen LogP contribution in [0, 0.1) is 22.7 Å². The van der Waals surface area contributed by atoms with E-state index in [1.165, 1.54) is 0 Å². The summed E-state index contributed by atoms with van der Waals surface area (Å²) in [6.07, 6.45) is 6.65. The van der Waals surface area contributed by atoms with Gasteiger partial charge in [-0.05, 0) is 54.9 Å². The van der Waals surface area contributed by atoms with Crippen LogP contribution in [0.25, 0.3) is 0 Å². The maximum atomic E-state index is 11.8. The lowest BCUT2D eigenvalue weighted by atomic mass is 9.43. The van der Waals surface area contributed by atoms with Crippen molar-refractivity contribution in [2.45, 2.75) is 84.3 Å². The number of aliphatic hydroxyl groups is 2. The molecule has 0 aromatic heterocycles. The monoisotopic (exact) mass is 336 g/mol. The molecule has 2 saturated carbocycles. The van der Waals surface area contributed by atoms with Crippen molar-refractivity contribution in [2.24, 2.45) is 22.7 Å². The smallest absolute Gasteiger partial charge is 0.314 e. The molecule has 5 atom stereocenters. The normalized spacial score (nSPS) is 44.7. The molecule has 136 valence electrons. The number of fused-ring (bicyclic) bond motifs is 1. The fraction of sp³-hybridized carbons (Fsp3) is 0.850. The summed E-state index contributed by atoms with van der Waals surface area (Å²) in [4.78, 5) is 11.3. The number of hydrogen-bond acceptors (Lipinski definition) is 4. The molecule has 2 aliphatic carbocycles. The van der Waals surface area contributed by atoms with Gasteiger partial charge in [0.05, 0.1) is 24.4 Å². The Hall–Kier alpha value is -0.870. The number of cyclic esters (lactones) is 1. The Morgan fingerprint density at radius 1 is 1.29 bits per heavy atom. The molecule has 0 amide bonds. The largest absolute Gasteiger partial charge is 0.434 e. The lowest BCUT2D eigenvalue weighted by Gasteiger charge is -2.64. The molecule has 1 aliphatic heterocycles. The number of aliphatic hydroxyl groups excluding tert-OH is 1. The minimum absolute atomic E-state index is 0.0340. The van der Waals surface area contributed by atoms with Crippen LogP contribution in [0.2, 0.25) is 0 Å². The Labute approximate surface area is 145 Å². The Kier molecular flexibility index (Phi) is 4.37. The molecular formula is C20H32O4. The standard InChI is InChI=1S/C20H32O4/c1-13-10-15(21)17-18(2,3)7-5-8-19(17,4)20(13,23)9-6-14-11-16(22)24-12-14/h12-13,15,17,21,23H,5-11H2,1-4H3/t13-,15-,17+,19+,20-/m1/s1. The van der Waals surface area contributed by atoms with E-state index in [1.54, 1.807) is 6.26 Å². The highest BCUT2D eigenvalue weighted by atomic mass is 16.5. The summed E-state index contributed by atoms with van der Waals surface area (Å²) >= 11 is 0. The van der Waals surface area contributed by atoms with E-state index < -0.39 is 5.60 Å². The van der Waals surface area contributed by atoms with E-state index >= 15 is 0 Å². The van der Waals surface area contributed by atoms with Gasteiger partial charge in [-0.2, -0.15) is 0 Å². The van der Waals surface area contributed by atoms with Crippen LogP contribution in [0.1, 0.15) is 72.6 Å². The average Bonchev–Trinajstić information content (AvgIpc) is 2.87. The van der Waals surface area contributed by atoms with Crippen LogP contribution >= 0.6 is 0 Å². The Bertz CT molecular complexity index is 552. The summed E-state index contributed by atoms with van der Waals surface area (Å²) in [5, 5.41) is 22.6. The van der Waals surface area contributed by atoms with Crippen LogP contribution in [-0.2, 0) is 9.53 Å². The van der Waals surface area contributed by atoms with Crippen molar-refractivity contribution in [1.29, 1.82) is 0 Å². The molecule has 0 spiro atoms. The molecule has 0 aromatic rings. The summed E-state index contributed by atoms with van der Waals surface area (Å²) < 4.78 is 4.92. The molecule has 2 N–H and O–H groups in total. The van der Waals surface area contributed by atoms with E-state index in [9.17, 15) is 15.0 Å². The average molecular weight is 336 g/mol. The first kappa shape index (κ1) is 17.9. The van der Waals surface area contributed by atoms with E-state index in [0.717, 1.165) is 24.8 Å². The molecule has 1 heterocycles. The minimum Gasteiger partial charge on any atom is -0.434 e. The van der Waals surface area contributed by atoms with Gasteiger partial charge in [0.2, 0.25) is 0 Å². The SMILES string of the molecule is C[C@@H]1C[C@@H](O)[C@H]2C(C)(C)CCC[C@]2(C)[C@@]1(O)CCC1=COC(=O)C1. The van der Waals surface area contributed by atoms with Gasteiger partial charge in [0.15, 0.2) is 0 Å². The maximum Gasteiger partial charge on any atom is 0.314 e. The van der Waals surface area contributed by atoms with E-state index in [4.69, 9.17) is 4.74 Å². The molecule has 24 heavy (non-hydrogen) atoms. The molecule has 0 saturated heterocycles. The van der Waals surface area contributed by atoms with Crippen molar-refractivity contribution in [2.75, 3.05) is 0 Å². The van der Waals surface area contributed by atoms with Crippen molar-refractivity contribution in [3.8, 4) is 0 Å². The predicted octanol–water partition coefficient (Wildman–Crippen LogP) is 3.56. The first-order chi connectivity index (χ1) is 11.1. The van der Waals surface area contributed by atoms with Crippen LogP contribution in [0.5, 0.6) is 0 Å². The molecule has 0 bridgehead atoms. The highest BCUT2D eigenvalue weighted by Crippen LogP contribution is 2.63. The second-order valence-corrected chi connectivity index (χ2v) is 9.31.